The van der Waals surface area contributed by atoms with Crippen molar-refractivity contribution in [2.24, 2.45) is 0 Å². The molecule has 0 atom stereocenters. The Morgan fingerprint density at radius 3 is 2.15 bits per heavy atom. The van der Waals surface area contributed by atoms with Crippen LogP contribution in [0.1, 0.15) is 15.8 Å². The smallest absolute Gasteiger partial charge is 0.0953 e. The van der Waals surface area contributed by atoms with E-state index in [0.29, 0.717) is 0 Å². The number of nitrogens with one attached hydrogen (secondary N) is 1. The van der Waals surface area contributed by atoms with Crippen LogP contribution in [0.15, 0.2) is 53.2 Å². The largest absolute Gasteiger partial charge is 0.372 e. The molecule has 1 N–H and O–H groups in total. The van der Waals surface area contributed by atoms with Crippen molar-refractivity contribution in [3.05, 3.63) is 71.6 Å². The Kier molecular flexibility index (Phi) is 4.65. The summed E-state index contributed by atoms with van der Waals surface area (Å²) in [5, 5.41) is 8.63. The van der Waals surface area contributed by atoms with Crippen molar-refractivity contribution in [1.29, 1.82) is 0 Å². The summed E-state index contributed by atoms with van der Waals surface area (Å²) in [6.45, 7) is 0. The first kappa shape index (κ1) is 14.4. The van der Waals surface area contributed by atoms with E-state index in [-0.39, 0.29) is 6.04 Å². The molecule has 20 heavy (non-hydrogen) atoms. The van der Waals surface area contributed by atoms with Crippen LogP contribution in [0.5, 0.6) is 0 Å². The van der Waals surface area contributed by atoms with Gasteiger partial charge in [-0.15, -0.1) is 22.7 Å². The number of thiophene rings is 2. The third-order valence-electron chi connectivity index (χ3n) is 2.89. The Balaban J connectivity index is 1.95. The lowest BCUT2D eigenvalue weighted by Crippen LogP contribution is -2.10. The summed E-state index contributed by atoms with van der Waals surface area (Å²) < 4.78 is 1.13. The van der Waals surface area contributed by atoms with Crippen molar-refractivity contribution in [2.75, 3.05) is 5.32 Å². The maximum Gasteiger partial charge on any atom is 0.0953 e. The Bertz CT molecular complexity index is 646. The zero-order valence-electron chi connectivity index (χ0n) is 10.3. The van der Waals surface area contributed by atoms with Crippen molar-refractivity contribution in [2.45, 2.75) is 6.04 Å². The minimum absolute atomic E-state index is 0.199. The fraction of sp³-hybridized carbons (Fsp3) is 0.0667. The monoisotopic (exact) mass is 431 g/mol. The first-order valence-corrected chi connectivity index (χ1v) is 9.24. The van der Waals surface area contributed by atoms with Gasteiger partial charge >= 0.3 is 0 Å². The molecule has 2 aromatic heterocycles. The van der Waals surface area contributed by atoms with E-state index in [1.807, 2.05) is 18.2 Å². The van der Waals surface area contributed by atoms with Crippen LogP contribution < -0.4 is 5.32 Å². The summed E-state index contributed by atoms with van der Waals surface area (Å²) in [6, 6.07) is 14.7. The Labute approximate surface area is 144 Å². The van der Waals surface area contributed by atoms with Crippen LogP contribution in [-0.4, -0.2) is 0 Å². The van der Waals surface area contributed by atoms with Crippen LogP contribution >= 0.6 is 56.9 Å². The molecular formula is C15H11ClINS2. The minimum Gasteiger partial charge on any atom is -0.372 e. The second-order valence-electron chi connectivity index (χ2n) is 4.23. The van der Waals surface area contributed by atoms with Crippen molar-refractivity contribution < 1.29 is 0 Å². The summed E-state index contributed by atoms with van der Waals surface area (Å²) >= 11 is 11.9. The molecular weight excluding hydrogens is 421 g/mol. The number of hydrogen-bond donors (Lipinski definition) is 1. The molecule has 0 bridgehead atoms. The van der Waals surface area contributed by atoms with Gasteiger partial charge in [-0.1, -0.05) is 23.7 Å². The Hall–Kier alpha value is -0.560. The summed E-state index contributed by atoms with van der Waals surface area (Å²) in [6.07, 6.45) is 0. The summed E-state index contributed by atoms with van der Waals surface area (Å²) in [5.74, 6) is 0. The van der Waals surface area contributed by atoms with E-state index in [0.717, 1.165) is 14.3 Å². The van der Waals surface area contributed by atoms with E-state index < -0.39 is 0 Å². The Morgan fingerprint density at radius 1 is 1.00 bits per heavy atom. The average Bonchev–Trinajstić information content (AvgIpc) is 3.11. The van der Waals surface area contributed by atoms with Crippen molar-refractivity contribution in [3.63, 3.8) is 0 Å². The zero-order chi connectivity index (χ0) is 13.9. The molecule has 0 spiro atoms. The van der Waals surface area contributed by atoms with Gasteiger partial charge in [0, 0.05) is 24.0 Å². The molecule has 0 amide bonds. The number of halogens is 2. The van der Waals surface area contributed by atoms with E-state index in [2.05, 4.69) is 62.9 Å². The fourth-order valence-electron chi connectivity index (χ4n) is 1.96. The van der Waals surface area contributed by atoms with Gasteiger partial charge in [-0.2, -0.15) is 0 Å². The lowest BCUT2D eigenvalue weighted by molar-refractivity contribution is 0.991. The fourth-order valence-corrected chi connectivity index (χ4v) is 4.64. The second-order valence-corrected chi connectivity index (χ2v) is 7.79. The summed E-state index contributed by atoms with van der Waals surface area (Å²) in [7, 11) is 0. The third-order valence-corrected chi connectivity index (χ3v) is 5.89. The second kappa shape index (κ2) is 6.47. The molecule has 1 nitrogen and oxygen atoms in total. The number of anilines is 1. The molecule has 0 saturated carbocycles. The topological polar surface area (TPSA) is 12.0 Å². The molecule has 3 aromatic rings. The van der Waals surface area contributed by atoms with Crippen LogP contribution in [-0.2, 0) is 0 Å². The molecule has 0 radical (unpaired) electrons. The number of rotatable bonds is 4. The van der Waals surface area contributed by atoms with Gasteiger partial charge in [-0.3, -0.25) is 0 Å². The molecule has 1 aromatic carbocycles. The lowest BCUT2D eigenvalue weighted by Gasteiger charge is -2.18. The first-order valence-electron chi connectivity index (χ1n) is 6.02. The van der Waals surface area contributed by atoms with E-state index in [9.17, 15) is 0 Å². The highest BCUT2D eigenvalue weighted by molar-refractivity contribution is 14.1. The summed E-state index contributed by atoms with van der Waals surface area (Å²) in [4.78, 5) is 2.64. The lowest BCUT2D eigenvalue weighted by atomic mass is 10.2. The average molecular weight is 432 g/mol. The molecule has 0 unspecified atom stereocenters. The van der Waals surface area contributed by atoms with Crippen molar-refractivity contribution in [1.82, 2.24) is 0 Å². The molecule has 0 saturated heterocycles. The highest BCUT2D eigenvalue weighted by atomic mass is 127. The van der Waals surface area contributed by atoms with Crippen LogP contribution in [0.3, 0.4) is 0 Å². The zero-order valence-corrected chi connectivity index (χ0v) is 14.9. The summed E-state index contributed by atoms with van der Waals surface area (Å²) in [5.41, 5.74) is 1.11. The van der Waals surface area contributed by atoms with E-state index in [4.69, 9.17) is 11.6 Å². The highest BCUT2D eigenvalue weighted by Crippen LogP contribution is 2.34. The molecule has 2 heterocycles. The molecule has 3 rings (SSSR count). The highest BCUT2D eigenvalue weighted by Gasteiger charge is 2.17. The van der Waals surface area contributed by atoms with E-state index in [1.54, 1.807) is 22.7 Å². The molecule has 0 aliphatic rings. The SMILES string of the molecule is Clc1ccc(NC(c2cccs2)c2cccs2)c(I)c1. The van der Waals surface area contributed by atoms with Crippen LogP contribution in [0.2, 0.25) is 5.02 Å². The van der Waals surface area contributed by atoms with Gasteiger partial charge in [-0.05, 0) is 63.7 Å². The first-order chi connectivity index (χ1) is 9.74. The van der Waals surface area contributed by atoms with Crippen LogP contribution in [0, 0.1) is 3.57 Å². The van der Waals surface area contributed by atoms with Gasteiger partial charge in [-0.25, -0.2) is 0 Å². The minimum atomic E-state index is 0.199. The molecule has 0 aliphatic heterocycles. The predicted molar refractivity (Wildman–Crippen MR) is 98.3 cm³/mol. The third kappa shape index (κ3) is 3.19. The van der Waals surface area contributed by atoms with Crippen molar-refractivity contribution >= 4 is 62.6 Å². The molecule has 0 aliphatic carbocycles. The molecule has 5 heteroatoms. The molecule has 102 valence electrons. The maximum absolute atomic E-state index is 6.02. The normalized spacial score (nSPS) is 10.9. The van der Waals surface area contributed by atoms with Gasteiger partial charge in [0.05, 0.1) is 6.04 Å². The van der Waals surface area contributed by atoms with Gasteiger partial charge < -0.3 is 5.32 Å². The van der Waals surface area contributed by atoms with Gasteiger partial charge in [0.15, 0.2) is 0 Å². The standard InChI is InChI=1S/C15H11ClINS2/c16-10-5-6-12(11(17)9-10)18-15(13-3-1-7-19-13)14-4-2-8-20-14/h1-9,15,18H. The van der Waals surface area contributed by atoms with Gasteiger partial charge in [0.1, 0.15) is 0 Å². The van der Waals surface area contributed by atoms with Gasteiger partial charge in [0.25, 0.3) is 0 Å². The Morgan fingerprint density at radius 2 is 1.65 bits per heavy atom. The molecule has 0 fully saturated rings. The van der Waals surface area contributed by atoms with Crippen LogP contribution in [0.4, 0.5) is 5.69 Å². The quantitative estimate of drug-likeness (QED) is 0.480. The van der Waals surface area contributed by atoms with E-state index in [1.165, 1.54) is 9.75 Å². The van der Waals surface area contributed by atoms with Crippen molar-refractivity contribution in [3.8, 4) is 0 Å². The predicted octanol–water partition coefficient (Wildman–Crippen LogP) is 6.27. The van der Waals surface area contributed by atoms with E-state index >= 15 is 0 Å². The number of hydrogen-bond acceptors (Lipinski definition) is 3. The van der Waals surface area contributed by atoms with Gasteiger partial charge in [0.2, 0.25) is 0 Å². The number of benzene rings is 1. The maximum atomic E-state index is 6.02. The van der Waals surface area contributed by atoms with Crippen LogP contribution in [0.25, 0.3) is 0 Å².